The molecular weight excluding hydrogens is 342 g/mol. The van der Waals surface area contributed by atoms with Crippen molar-refractivity contribution in [3.05, 3.63) is 70.2 Å². The number of hydrogen-bond acceptors (Lipinski definition) is 4. The average Bonchev–Trinajstić information content (AvgIpc) is 2.66. The third kappa shape index (κ3) is 2.97. The molecule has 0 saturated carbocycles. The SMILES string of the molecule is C=CCSc1nc2nc3c(cc2c(=O)n1-c1ccccc1C)CCCC3. The maximum absolute atomic E-state index is 13.4. The largest absolute Gasteiger partial charge is 0.268 e. The number of aromatic nitrogens is 3. The predicted octanol–water partition coefficient (Wildman–Crippen LogP) is 4.25. The summed E-state index contributed by atoms with van der Waals surface area (Å²) in [7, 11) is 0. The topological polar surface area (TPSA) is 47.8 Å². The summed E-state index contributed by atoms with van der Waals surface area (Å²) < 4.78 is 1.72. The maximum Gasteiger partial charge on any atom is 0.268 e. The Bertz CT molecular complexity index is 1060. The first kappa shape index (κ1) is 17.0. The molecule has 4 rings (SSSR count). The third-order valence-corrected chi connectivity index (χ3v) is 5.73. The van der Waals surface area contributed by atoms with E-state index in [4.69, 9.17) is 9.97 Å². The van der Waals surface area contributed by atoms with Gasteiger partial charge in [-0.15, -0.1) is 6.58 Å². The molecule has 0 fully saturated rings. The molecule has 3 aromatic rings. The molecule has 1 aliphatic rings. The second-order valence-corrected chi connectivity index (χ2v) is 7.58. The van der Waals surface area contributed by atoms with Gasteiger partial charge in [0, 0.05) is 11.4 Å². The van der Waals surface area contributed by atoms with Gasteiger partial charge in [0.15, 0.2) is 10.8 Å². The van der Waals surface area contributed by atoms with Crippen LogP contribution in [0.2, 0.25) is 0 Å². The highest BCUT2D eigenvalue weighted by atomic mass is 32.2. The first-order valence-corrected chi connectivity index (χ1v) is 9.93. The zero-order chi connectivity index (χ0) is 18.1. The number of hydrogen-bond donors (Lipinski definition) is 0. The number of para-hydroxylation sites is 1. The molecule has 0 N–H and O–H groups in total. The van der Waals surface area contributed by atoms with E-state index in [0.717, 1.165) is 42.6 Å². The maximum atomic E-state index is 13.4. The smallest absolute Gasteiger partial charge is 0.268 e. The van der Waals surface area contributed by atoms with Crippen molar-refractivity contribution in [2.24, 2.45) is 0 Å². The van der Waals surface area contributed by atoms with Crippen LogP contribution in [-0.2, 0) is 12.8 Å². The van der Waals surface area contributed by atoms with Crippen molar-refractivity contribution in [3.63, 3.8) is 0 Å². The Morgan fingerprint density at radius 1 is 1.23 bits per heavy atom. The van der Waals surface area contributed by atoms with Gasteiger partial charge in [-0.25, -0.2) is 9.97 Å². The molecule has 0 amide bonds. The highest BCUT2D eigenvalue weighted by molar-refractivity contribution is 7.99. The Labute approximate surface area is 157 Å². The highest BCUT2D eigenvalue weighted by Crippen LogP contribution is 2.26. The number of fused-ring (bicyclic) bond motifs is 2. The summed E-state index contributed by atoms with van der Waals surface area (Å²) in [5.74, 6) is 0.689. The summed E-state index contributed by atoms with van der Waals surface area (Å²) in [4.78, 5) is 22.9. The molecule has 0 spiro atoms. The fraction of sp³-hybridized carbons (Fsp3) is 0.286. The van der Waals surface area contributed by atoms with Crippen LogP contribution in [-0.4, -0.2) is 20.3 Å². The lowest BCUT2D eigenvalue weighted by molar-refractivity contribution is 0.669. The number of aryl methyl sites for hydroxylation is 3. The Kier molecular flexibility index (Phi) is 4.64. The van der Waals surface area contributed by atoms with Crippen molar-refractivity contribution < 1.29 is 0 Å². The summed E-state index contributed by atoms with van der Waals surface area (Å²) >= 11 is 1.51. The van der Waals surface area contributed by atoms with E-state index in [1.807, 2.05) is 43.3 Å². The van der Waals surface area contributed by atoms with Crippen LogP contribution in [0.3, 0.4) is 0 Å². The van der Waals surface area contributed by atoms with Crippen LogP contribution in [0, 0.1) is 6.92 Å². The van der Waals surface area contributed by atoms with Crippen molar-refractivity contribution in [2.45, 2.75) is 37.8 Å². The molecule has 0 aliphatic heterocycles. The molecule has 1 aromatic carbocycles. The average molecular weight is 363 g/mol. The van der Waals surface area contributed by atoms with Crippen LogP contribution in [0.15, 0.2) is 52.9 Å². The van der Waals surface area contributed by atoms with Crippen molar-refractivity contribution >= 4 is 22.8 Å². The molecule has 2 aromatic heterocycles. The number of nitrogens with zero attached hydrogens (tertiary/aromatic N) is 3. The van der Waals surface area contributed by atoms with E-state index < -0.39 is 0 Å². The first-order valence-electron chi connectivity index (χ1n) is 8.94. The zero-order valence-corrected chi connectivity index (χ0v) is 15.7. The lowest BCUT2D eigenvalue weighted by Crippen LogP contribution is -2.24. The van der Waals surface area contributed by atoms with Crippen LogP contribution in [0.25, 0.3) is 16.7 Å². The van der Waals surface area contributed by atoms with Gasteiger partial charge in [-0.3, -0.25) is 9.36 Å². The van der Waals surface area contributed by atoms with Crippen LogP contribution in [0.5, 0.6) is 0 Å². The fourth-order valence-electron chi connectivity index (χ4n) is 3.47. The monoisotopic (exact) mass is 363 g/mol. The molecule has 0 atom stereocenters. The summed E-state index contributed by atoms with van der Waals surface area (Å²) in [6, 6.07) is 9.93. The van der Waals surface area contributed by atoms with E-state index in [1.165, 1.54) is 17.3 Å². The van der Waals surface area contributed by atoms with Crippen molar-refractivity contribution in [1.29, 1.82) is 0 Å². The summed E-state index contributed by atoms with van der Waals surface area (Å²) in [5.41, 5.74) is 4.73. The molecule has 2 heterocycles. The molecule has 0 bridgehead atoms. The molecule has 0 saturated heterocycles. The van der Waals surface area contributed by atoms with Crippen LogP contribution >= 0.6 is 11.8 Å². The van der Waals surface area contributed by atoms with Crippen molar-refractivity contribution in [1.82, 2.24) is 14.5 Å². The molecule has 0 radical (unpaired) electrons. The minimum absolute atomic E-state index is 0.0447. The van der Waals surface area contributed by atoms with Gasteiger partial charge in [0.05, 0.1) is 11.1 Å². The van der Waals surface area contributed by atoms with E-state index in [2.05, 4.69) is 6.58 Å². The Morgan fingerprint density at radius 3 is 2.85 bits per heavy atom. The second-order valence-electron chi connectivity index (χ2n) is 6.59. The minimum Gasteiger partial charge on any atom is -0.268 e. The lowest BCUT2D eigenvalue weighted by Gasteiger charge is -2.17. The fourth-order valence-corrected chi connectivity index (χ4v) is 4.20. The van der Waals surface area contributed by atoms with Crippen LogP contribution < -0.4 is 5.56 Å². The third-order valence-electron chi connectivity index (χ3n) is 4.79. The zero-order valence-electron chi connectivity index (χ0n) is 14.9. The van der Waals surface area contributed by atoms with Gasteiger partial charge < -0.3 is 0 Å². The predicted molar refractivity (Wildman–Crippen MR) is 107 cm³/mol. The van der Waals surface area contributed by atoms with E-state index >= 15 is 0 Å². The minimum atomic E-state index is -0.0447. The normalized spacial score (nSPS) is 13.6. The number of rotatable bonds is 4. The number of benzene rings is 1. The van der Waals surface area contributed by atoms with Gasteiger partial charge in [-0.2, -0.15) is 0 Å². The van der Waals surface area contributed by atoms with Crippen LogP contribution in [0.1, 0.15) is 29.7 Å². The van der Waals surface area contributed by atoms with Gasteiger partial charge in [0.2, 0.25) is 0 Å². The summed E-state index contributed by atoms with van der Waals surface area (Å²) in [5, 5.41) is 1.27. The van der Waals surface area contributed by atoms with E-state index in [9.17, 15) is 4.79 Å². The van der Waals surface area contributed by atoms with Gasteiger partial charge in [0.25, 0.3) is 5.56 Å². The van der Waals surface area contributed by atoms with Gasteiger partial charge in [-0.05, 0) is 55.9 Å². The van der Waals surface area contributed by atoms with E-state index in [1.54, 1.807) is 4.57 Å². The second kappa shape index (κ2) is 7.08. The highest BCUT2D eigenvalue weighted by Gasteiger charge is 2.18. The lowest BCUT2D eigenvalue weighted by atomic mass is 9.95. The molecule has 132 valence electrons. The Morgan fingerprint density at radius 2 is 2.04 bits per heavy atom. The molecule has 1 aliphatic carbocycles. The van der Waals surface area contributed by atoms with Gasteiger partial charge in [0.1, 0.15) is 0 Å². The first-order chi connectivity index (χ1) is 12.7. The molecule has 0 unspecified atom stereocenters. The molecule has 4 nitrogen and oxygen atoms in total. The summed E-state index contributed by atoms with van der Waals surface area (Å²) in [6.07, 6.45) is 6.11. The van der Waals surface area contributed by atoms with Crippen LogP contribution in [0.4, 0.5) is 0 Å². The Balaban J connectivity index is 2.02. The van der Waals surface area contributed by atoms with Crippen molar-refractivity contribution in [3.8, 4) is 5.69 Å². The quantitative estimate of drug-likeness (QED) is 0.395. The van der Waals surface area contributed by atoms with Crippen molar-refractivity contribution in [2.75, 3.05) is 5.75 Å². The molecule has 5 heteroatoms. The van der Waals surface area contributed by atoms with E-state index in [0.29, 0.717) is 21.9 Å². The summed E-state index contributed by atoms with van der Waals surface area (Å²) in [6.45, 7) is 5.80. The van der Waals surface area contributed by atoms with Gasteiger partial charge >= 0.3 is 0 Å². The standard InChI is InChI=1S/C21H21N3OS/c1-3-12-26-21-23-19-16(13-15-9-5-6-10-17(15)22-19)20(25)24(21)18-11-7-4-8-14(18)2/h3-4,7-8,11,13H,1,5-6,9-10,12H2,2H3. The molecular formula is C21H21N3OS. The number of pyridine rings is 1. The molecule has 26 heavy (non-hydrogen) atoms. The van der Waals surface area contributed by atoms with E-state index in [-0.39, 0.29) is 5.56 Å². The van der Waals surface area contributed by atoms with Gasteiger partial charge in [-0.1, -0.05) is 36.0 Å². The number of thioether (sulfide) groups is 1. The Hall–Kier alpha value is -2.40.